The van der Waals surface area contributed by atoms with E-state index in [2.05, 4.69) is 10.3 Å². The molecule has 0 bridgehead atoms. The van der Waals surface area contributed by atoms with E-state index in [9.17, 15) is 22.8 Å². The Labute approximate surface area is 220 Å². The zero-order valence-corrected chi connectivity index (χ0v) is 21.9. The van der Waals surface area contributed by atoms with Crippen molar-refractivity contribution in [3.63, 3.8) is 0 Å². The van der Waals surface area contributed by atoms with Crippen LogP contribution < -0.4 is 11.1 Å². The highest BCUT2D eigenvalue weighted by Gasteiger charge is 2.45. The number of amides is 2. The molecular formula is C27H30N4O6S. The summed E-state index contributed by atoms with van der Waals surface area (Å²) in [4.78, 5) is 45.3. The van der Waals surface area contributed by atoms with Crippen LogP contribution in [0.15, 0.2) is 76.3 Å². The molecule has 4 rings (SSSR count). The number of furan rings is 1. The van der Waals surface area contributed by atoms with Gasteiger partial charge in [0.15, 0.2) is 16.6 Å². The second-order valence-corrected chi connectivity index (χ2v) is 11.5. The number of sulfone groups is 1. The van der Waals surface area contributed by atoms with Crippen molar-refractivity contribution in [2.45, 2.75) is 49.2 Å². The Morgan fingerprint density at radius 2 is 1.92 bits per heavy atom. The number of hydrogen-bond donors (Lipinski definition) is 2. The van der Waals surface area contributed by atoms with Gasteiger partial charge in [-0.15, -0.1) is 0 Å². The summed E-state index contributed by atoms with van der Waals surface area (Å²) in [6, 6.07) is 10.6. The van der Waals surface area contributed by atoms with Crippen LogP contribution in [0.2, 0.25) is 0 Å². The standard InChI is InChI=1S/C27H30N4O6S/c1-17(2)15-20(30-25(33)22-16-18-9-3-4-11-21(18)37-22)26(34)31-14-8-6-10-19(28)24(32)27(31)38(35,36)23-12-5-7-13-29-23/h3-7,9-13,16-17,19-20,27H,8,14-15,28H2,1-2H3,(H,30,33)/b10-6-/t19?,20-,27?/m0/s1. The van der Waals surface area contributed by atoms with E-state index < -0.39 is 44.9 Å². The molecule has 3 atom stereocenters. The second-order valence-electron chi connectivity index (χ2n) is 9.55. The number of carbonyl (C=O) groups excluding carboxylic acids is 3. The number of nitrogens with zero attached hydrogens (tertiary/aromatic N) is 2. The summed E-state index contributed by atoms with van der Waals surface area (Å²) in [6.07, 6.45) is 4.83. The van der Waals surface area contributed by atoms with Crippen LogP contribution in [-0.2, 0) is 19.4 Å². The van der Waals surface area contributed by atoms with Gasteiger partial charge in [0.25, 0.3) is 5.91 Å². The van der Waals surface area contributed by atoms with Crippen molar-refractivity contribution in [3.8, 4) is 0 Å². The number of aromatic nitrogens is 1. The molecule has 0 saturated heterocycles. The summed E-state index contributed by atoms with van der Waals surface area (Å²) >= 11 is 0. The largest absolute Gasteiger partial charge is 0.451 e. The van der Waals surface area contributed by atoms with Gasteiger partial charge < -0.3 is 20.4 Å². The van der Waals surface area contributed by atoms with Crippen LogP contribution in [0.25, 0.3) is 11.0 Å². The summed E-state index contributed by atoms with van der Waals surface area (Å²) in [7, 11) is -4.44. The molecular weight excluding hydrogens is 508 g/mol. The molecule has 3 aromatic rings. The highest BCUT2D eigenvalue weighted by Crippen LogP contribution is 2.24. The van der Waals surface area contributed by atoms with Crippen LogP contribution in [0, 0.1) is 5.92 Å². The first-order chi connectivity index (χ1) is 18.1. The van der Waals surface area contributed by atoms with Crippen LogP contribution in [0.5, 0.6) is 0 Å². The molecule has 1 aliphatic rings. The number of fused-ring (bicyclic) bond motifs is 1. The molecule has 0 saturated carbocycles. The van der Waals surface area contributed by atoms with Crippen LogP contribution in [-0.4, -0.2) is 59.9 Å². The minimum Gasteiger partial charge on any atom is -0.451 e. The number of ketones is 1. The van der Waals surface area contributed by atoms with Gasteiger partial charge in [0.1, 0.15) is 11.6 Å². The third kappa shape index (κ3) is 5.68. The van der Waals surface area contributed by atoms with E-state index in [1.807, 2.05) is 19.9 Å². The molecule has 0 aliphatic carbocycles. The average molecular weight is 539 g/mol. The Kier molecular flexibility index (Phi) is 8.08. The lowest BCUT2D eigenvalue weighted by Crippen LogP contribution is -2.59. The molecule has 1 aliphatic heterocycles. The van der Waals surface area contributed by atoms with Gasteiger partial charge in [-0.2, -0.15) is 0 Å². The van der Waals surface area contributed by atoms with Crippen molar-refractivity contribution in [3.05, 3.63) is 72.6 Å². The van der Waals surface area contributed by atoms with E-state index in [0.29, 0.717) is 5.58 Å². The molecule has 200 valence electrons. The van der Waals surface area contributed by atoms with Gasteiger partial charge in [-0.3, -0.25) is 14.4 Å². The normalized spacial score (nSPS) is 20.1. The molecule has 3 N–H and O–H groups in total. The van der Waals surface area contributed by atoms with Crippen LogP contribution in [0.4, 0.5) is 0 Å². The van der Waals surface area contributed by atoms with Crippen LogP contribution >= 0.6 is 0 Å². The number of rotatable bonds is 7. The quantitative estimate of drug-likeness (QED) is 0.435. The van der Waals surface area contributed by atoms with E-state index in [0.717, 1.165) is 10.3 Å². The third-order valence-electron chi connectivity index (χ3n) is 6.20. The van der Waals surface area contributed by atoms with Gasteiger partial charge in [-0.1, -0.05) is 50.3 Å². The fourth-order valence-electron chi connectivity index (χ4n) is 4.38. The van der Waals surface area contributed by atoms with Crippen LogP contribution in [0.1, 0.15) is 37.2 Å². The molecule has 0 radical (unpaired) electrons. The molecule has 10 nitrogen and oxygen atoms in total. The first kappa shape index (κ1) is 27.2. The van der Waals surface area contributed by atoms with Crippen molar-refractivity contribution in [1.29, 1.82) is 0 Å². The molecule has 2 aromatic heterocycles. The van der Waals surface area contributed by atoms with Crippen molar-refractivity contribution in [2.75, 3.05) is 6.54 Å². The minimum atomic E-state index is -4.44. The van der Waals surface area contributed by atoms with E-state index in [1.165, 1.54) is 24.4 Å². The molecule has 1 aromatic carbocycles. The summed E-state index contributed by atoms with van der Waals surface area (Å²) < 4.78 is 32.9. The predicted molar refractivity (Wildman–Crippen MR) is 141 cm³/mol. The maximum absolute atomic E-state index is 14.0. The first-order valence-electron chi connectivity index (χ1n) is 12.3. The number of carbonyl (C=O) groups is 3. The second kappa shape index (κ2) is 11.3. The lowest BCUT2D eigenvalue weighted by atomic mass is 10.0. The van der Waals surface area contributed by atoms with Crippen molar-refractivity contribution >= 4 is 38.4 Å². The van der Waals surface area contributed by atoms with Gasteiger partial charge in [0.05, 0.1) is 6.04 Å². The predicted octanol–water partition coefficient (Wildman–Crippen LogP) is 2.46. The summed E-state index contributed by atoms with van der Waals surface area (Å²) in [5.41, 5.74) is 6.50. The Morgan fingerprint density at radius 1 is 1.18 bits per heavy atom. The smallest absolute Gasteiger partial charge is 0.287 e. The number of Topliss-reactive ketones (excluding diaryl/α,β-unsaturated/α-hetero) is 1. The van der Waals surface area contributed by atoms with Crippen molar-refractivity contribution in [2.24, 2.45) is 11.7 Å². The third-order valence-corrected chi connectivity index (χ3v) is 8.10. The fourth-order valence-corrected chi connectivity index (χ4v) is 6.09. The van der Waals surface area contributed by atoms with Gasteiger partial charge in [0, 0.05) is 18.1 Å². The molecule has 0 fully saturated rings. The fraction of sp³-hybridized carbons (Fsp3) is 0.333. The highest BCUT2D eigenvalue weighted by molar-refractivity contribution is 7.92. The number of nitrogens with two attached hydrogens (primary N) is 1. The summed E-state index contributed by atoms with van der Waals surface area (Å²) in [5, 5.41) is 1.18. The van der Waals surface area contributed by atoms with E-state index >= 15 is 0 Å². The minimum absolute atomic E-state index is 0.0131. The first-order valence-corrected chi connectivity index (χ1v) is 13.8. The Morgan fingerprint density at radius 3 is 2.61 bits per heavy atom. The lowest BCUT2D eigenvalue weighted by Gasteiger charge is -2.35. The molecule has 38 heavy (non-hydrogen) atoms. The summed E-state index contributed by atoms with van der Waals surface area (Å²) in [6.45, 7) is 3.67. The number of benzene rings is 1. The summed E-state index contributed by atoms with van der Waals surface area (Å²) in [5.74, 6) is -2.22. The Balaban J connectivity index is 1.71. The maximum atomic E-state index is 14.0. The zero-order chi connectivity index (χ0) is 27.4. The molecule has 3 heterocycles. The average Bonchev–Trinajstić information content (AvgIpc) is 3.33. The van der Waals surface area contributed by atoms with Crippen molar-refractivity contribution < 1.29 is 27.2 Å². The lowest BCUT2D eigenvalue weighted by molar-refractivity contribution is -0.139. The molecule has 0 spiro atoms. The molecule has 11 heteroatoms. The Hall–Kier alpha value is -3.83. The molecule has 2 amide bonds. The number of nitrogens with one attached hydrogen (secondary N) is 1. The number of pyridine rings is 1. The van der Waals surface area contributed by atoms with E-state index in [-0.39, 0.29) is 36.1 Å². The van der Waals surface area contributed by atoms with Gasteiger partial charge in [-0.25, -0.2) is 13.4 Å². The van der Waals surface area contributed by atoms with E-state index in [1.54, 1.807) is 36.4 Å². The van der Waals surface area contributed by atoms with Gasteiger partial charge in [0.2, 0.25) is 21.1 Å². The number of hydrogen-bond acceptors (Lipinski definition) is 8. The van der Waals surface area contributed by atoms with Crippen LogP contribution in [0.3, 0.4) is 0 Å². The SMILES string of the molecule is CC(C)C[C@H](NC(=O)c1cc2ccccc2o1)C(=O)N1CC/C=C\C(N)C(=O)C1S(=O)(=O)c1ccccn1. The number of para-hydroxylation sites is 1. The molecule has 2 unspecified atom stereocenters. The topological polar surface area (TPSA) is 153 Å². The van der Waals surface area contributed by atoms with E-state index in [4.69, 9.17) is 10.2 Å². The monoisotopic (exact) mass is 538 g/mol. The maximum Gasteiger partial charge on any atom is 0.287 e. The van der Waals surface area contributed by atoms with Crippen molar-refractivity contribution in [1.82, 2.24) is 15.2 Å². The van der Waals surface area contributed by atoms with Gasteiger partial charge >= 0.3 is 0 Å². The Bertz CT molecular complexity index is 1430. The highest BCUT2D eigenvalue weighted by atomic mass is 32.2. The van der Waals surface area contributed by atoms with Gasteiger partial charge in [-0.05, 0) is 43.0 Å². The zero-order valence-electron chi connectivity index (χ0n) is 21.1.